The average Bonchev–Trinajstić information content (AvgIpc) is 2.54. The van der Waals surface area contributed by atoms with E-state index < -0.39 is 0 Å². The predicted octanol–water partition coefficient (Wildman–Crippen LogP) is -1.57. The zero-order valence-electron chi connectivity index (χ0n) is 6.51. The van der Waals surface area contributed by atoms with Crippen LogP contribution in [0.1, 0.15) is 6.42 Å². The monoisotopic (exact) mass is 507 g/mol. The van der Waals surface area contributed by atoms with Crippen molar-refractivity contribution >= 4 is 37.2 Å². The molecule has 1 aromatic heterocycles. The molecular weight excluding hydrogens is 495 g/mol. The zero-order chi connectivity index (χ0) is 9.23. The molecular formula is C6H12I3N3. The third-order valence-electron chi connectivity index (χ3n) is 1.22. The largest absolute Gasteiger partial charge is 0.330 e. The van der Waals surface area contributed by atoms with E-state index >= 15 is 0 Å². The summed E-state index contributed by atoms with van der Waals surface area (Å²) in [4.78, 5) is 2.96. The molecule has 0 atom stereocenters. The number of aromatic nitrogens is 2. The van der Waals surface area contributed by atoms with Crippen LogP contribution in [0.25, 0.3) is 0 Å². The molecule has 0 bridgehead atoms. The molecule has 0 aliphatic rings. The van der Waals surface area contributed by atoms with Crippen LogP contribution in [-0.2, 0) is 6.54 Å². The van der Waals surface area contributed by atoms with E-state index in [1.54, 1.807) is 0 Å². The number of hydrogen-bond acceptors (Lipinski definition) is 1. The summed E-state index contributed by atoms with van der Waals surface area (Å²) in [6.45, 7) is 1.78. The first-order valence-electron chi connectivity index (χ1n) is 3.44. The first-order chi connectivity index (χ1) is 5.85. The van der Waals surface area contributed by atoms with Gasteiger partial charge in [-0.15, -0.1) is 0 Å². The number of hydrogen-bond donors (Lipinski definition) is 2. The molecule has 0 fully saturated rings. The van der Waals surface area contributed by atoms with Gasteiger partial charge in [0, 0.05) is 0 Å². The van der Waals surface area contributed by atoms with Crippen molar-refractivity contribution < 1.29 is 17.8 Å². The van der Waals surface area contributed by atoms with Crippen LogP contribution in [0.2, 0.25) is 0 Å². The normalized spacial score (nSPS) is 9.25. The Morgan fingerprint density at radius 2 is 2.17 bits per heavy atom. The number of aromatic amines is 1. The Morgan fingerprint density at radius 1 is 1.50 bits per heavy atom. The van der Waals surface area contributed by atoms with Crippen LogP contribution in [0.15, 0.2) is 18.7 Å². The average molecular weight is 507 g/mol. The Morgan fingerprint density at radius 3 is 2.58 bits per heavy atom. The van der Waals surface area contributed by atoms with Gasteiger partial charge in [0.25, 0.3) is 0 Å². The molecule has 1 aromatic rings. The molecule has 0 aromatic carbocycles. The van der Waals surface area contributed by atoms with Crippen LogP contribution in [0.5, 0.6) is 0 Å². The Balaban J connectivity index is 0.000000354. The van der Waals surface area contributed by atoms with Gasteiger partial charge in [0.1, 0.15) is 12.4 Å². The van der Waals surface area contributed by atoms with Gasteiger partial charge >= 0.3 is 50.5 Å². The van der Waals surface area contributed by atoms with Crippen molar-refractivity contribution in [3.8, 4) is 0 Å². The quantitative estimate of drug-likeness (QED) is 0.378. The van der Waals surface area contributed by atoms with Crippen LogP contribution in [0, 0.1) is 0 Å². The van der Waals surface area contributed by atoms with Crippen molar-refractivity contribution in [3.63, 3.8) is 0 Å². The van der Waals surface area contributed by atoms with Gasteiger partial charge in [-0.3, -0.25) is 4.98 Å². The summed E-state index contributed by atoms with van der Waals surface area (Å²) >= 11 is 5.30. The van der Waals surface area contributed by atoms with Crippen molar-refractivity contribution in [1.82, 2.24) is 4.98 Å². The van der Waals surface area contributed by atoms with Gasteiger partial charge in [-0.25, -0.2) is 4.57 Å². The molecule has 0 aliphatic carbocycles. The molecule has 0 spiro atoms. The maximum absolute atomic E-state index is 5.32. The van der Waals surface area contributed by atoms with E-state index in [-0.39, 0.29) is 0 Å². The van der Waals surface area contributed by atoms with Gasteiger partial charge in [-0.1, -0.05) is 0 Å². The number of nitrogens with two attached hydrogens (primary N) is 1. The minimum atomic E-state index is 0.530. The molecule has 1 rings (SSSR count). The fourth-order valence-corrected chi connectivity index (χ4v) is 0.734. The number of H-pyrrole nitrogens is 1. The number of imidazole rings is 1. The van der Waals surface area contributed by atoms with Gasteiger partial charge in [0.2, 0.25) is 6.33 Å². The van der Waals surface area contributed by atoms with Crippen LogP contribution in [0.3, 0.4) is 0 Å². The molecule has 6 heteroatoms. The Labute approximate surface area is 102 Å². The number of nitrogens with zero attached hydrogens (tertiary/aromatic N) is 1. The van der Waals surface area contributed by atoms with E-state index in [9.17, 15) is 0 Å². The molecule has 0 aliphatic heterocycles. The SMILES string of the molecule is I[I-]I.NCCC[n+]1cc[nH]c1. The Kier molecular flexibility index (Phi) is 11.6. The fraction of sp³-hybridized carbons (Fsp3) is 0.500. The molecule has 0 radical (unpaired) electrons. The van der Waals surface area contributed by atoms with E-state index in [1.807, 2.05) is 18.7 Å². The van der Waals surface area contributed by atoms with E-state index in [0.717, 1.165) is 19.5 Å². The van der Waals surface area contributed by atoms with Gasteiger partial charge in [-0.05, 0) is 13.0 Å². The van der Waals surface area contributed by atoms with E-state index in [1.165, 1.54) is 0 Å². The summed E-state index contributed by atoms with van der Waals surface area (Å²) in [5.41, 5.74) is 5.32. The molecule has 1 heterocycles. The van der Waals surface area contributed by atoms with E-state index in [0.29, 0.717) is 13.3 Å². The number of halogens is 3. The van der Waals surface area contributed by atoms with Gasteiger partial charge < -0.3 is 5.73 Å². The van der Waals surface area contributed by atoms with Crippen LogP contribution >= 0.6 is 37.2 Å². The summed E-state index contributed by atoms with van der Waals surface area (Å²) in [7, 11) is 0. The van der Waals surface area contributed by atoms with Gasteiger partial charge in [-0.2, -0.15) is 0 Å². The maximum atomic E-state index is 5.32. The molecule has 72 valence electrons. The Hall–Kier alpha value is 1.36. The third-order valence-corrected chi connectivity index (χ3v) is 1.22. The maximum Gasteiger partial charge on any atom is 0.241 e. The second-order valence-electron chi connectivity index (χ2n) is 2.05. The minimum Gasteiger partial charge on any atom is -0.330 e. The van der Waals surface area contributed by atoms with Crippen molar-refractivity contribution in [1.29, 1.82) is 0 Å². The zero-order valence-corrected chi connectivity index (χ0v) is 13.0. The first-order valence-corrected chi connectivity index (χ1v) is 16.0. The summed E-state index contributed by atoms with van der Waals surface area (Å²) in [5.74, 6) is 0. The number of nitrogens with one attached hydrogen (secondary N) is 1. The molecule has 3 N–H and O–H groups in total. The second-order valence-corrected chi connectivity index (χ2v) is 18.3. The second kappa shape index (κ2) is 10.4. The smallest absolute Gasteiger partial charge is 0.241 e. The first kappa shape index (κ1) is 13.4. The minimum absolute atomic E-state index is 0.530. The summed E-state index contributed by atoms with van der Waals surface area (Å²) in [6, 6.07) is 0. The van der Waals surface area contributed by atoms with Crippen LogP contribution in [0.4, 0.5) is 0 Å². The Bertz CT molecular complexity index is 167. The number of rotatable bonds is 3. The predicted molar refractivity (Wildman–Crippen MR) is 62.7 cm³/mol. The van der Waals surface area contributed by atoms with Crippen molar-refractivity contribution in [3.05, 3.63) is 18.7 Å². The van der Waals surface area contributed by atoms with E-state index in [4.69, 9.17) is 5.73 Å². The molecule has 0 unspecified atom stereocenters. The van der Waals surface area contributed by atoms with E-state index in [2.05, 4.69) is 46.8 Å². The van der Waals surface area contributed by atoms with Crippen LogP contribution < -0.4 is 23.6 Å². The molecule has 12 heavy (non-hydrogen) atoms. The third kappa shape index (κ3) is 7.98. The molecule has 0 amide bonds. The summed E-state index contributed by atoms with van der Waals surface area (Å²) in [5, 5.41) is 0. The topological polar surface area (TPSA) is 45.7 Å². The number of aryl methyl sites for hydroxylation is 1. The standard InChI is InChI=1S/C6H11N3.I3/c7-2-1-4-9-5-3-8-6-9;1-3-2/h3,5-6H,1-2,4,7H2;/q;-1/p+1. The van der Waals surface area contributed by atoms with Crippen molar-refractivity contribution in [2.24, 2.45) is 5.73 Å². The van der Waals surface area contributed by atoms with Gasteiger partial charge in [0.05, 0.1) is 6.54 Å². The van der Waals surface area contributed by atoms with Crippen molar-refractivity contribution in [2.45, 2.75) is 13.0 Å². The molecule has 0 saturated carbocycles. The molecule has 0 saturated heterocycles. The van der Waals surface area contributed by atoms with Gasteiger partial charge in [0.15, 0.2) is 0 Å². The van der Waals surface area contributed by atoms with Crippen molar-refractivity contribution in [2.75, 3.05) is 6.54 Å². The summed E-state index contributed by atoms with van der Waals surface area (Å²) in [6.07, 6.45) is 6.87. The summed E-state index contributed by atoms with van der Waals surface area (Å²) < 4.78 is 2.08. The van der Waals surface area contributed by atoms with Crippen LogP contribution in [-0.4, -0.2) is 11.5 Å². The molecule has 3 nitrogen and oxygen atoms in total. The fourth-order valence-electron chi connectivity index (χ4n) is 0.734.